The van der Waals surface area contributed by atoms with Crippen LogP contribution in [-0.2, 0) is 24.3 Å². The van der Waals surface area contributed by atoms with Crippen LogP contribution in [0.3, 0.4) is 0 Å². The first-order valence-electron chi connectivity index (χ1n) is 11.4. The first kappa shape index (κ1) is 20.2. The van der Waals surface area contributed by atoms with E-state index in [9.17, 15) is 9.59 Å². The van der Waals surface area contributed by atoms with E-state index in [2.05, 4.69) is 16.0 Å². The number of H-pyrrole nitrogens is 1. The highest BCUT2D eigenvalue weighted by molar-refractivity contribution is 5.79. The number of carbonyl (C=O) groups is 1. The van der Waals surface area contributed by atoms with Gasteiger partial charge in [0.15, 0.2) is 0 Å². The highest BCUT2D eigenvalue weighted by Crippen LogP contribution is 2.31. The third-order valence-corrected chi connectivity index (χ3v) is 7.10. The van der Waals surface area contributed by atoms with Crippen LogP contribution in [0.1, 0.15) is 54.2 Å². The molecule has 31 heavy (non-hydrogen) atoms. The van der Waals surface area contributed by atoms with Crippen LogP contribution in [0.25, 0.3) is 0 Å². The van der Waals surface area contributed by atoms with Crippen molar-refractivity contribution in [1.29, 1.82) is 0 Å². The summed E-state index contributed by atoms with van der Waals surface area (Å²) in [5.74, 6) is 2.29. The van der Waals surface area contributed by atoms with Gasteiger partial charge in [-0.15, -0.1) is 0 Å². The van der Waals surface area contributed by atoms with Gasteiger partial charge in [0.2, 0.25) is 5.91 Å². The van der Waals surface area contributed by atoms with Gasteiger partial charge in [-0.2, -0.15) is 0 Å². The Labute approximate surface area is 182 Å². The van der Waals surface area contributed by atoms with Crippen molar-refractivity contribution in [1.82, 2.24) is 19.8 Å². The fourth-order valence-electron chi connectivity index (χ4n) is 5.03. The molecule has 1 aliphatic carbocycles. The molecule has 0 radical (unpaired) electrons. The summed E-state index contributed by atoms with van der Waals surface area (Å²) in [5, 5.41) is 0. The molecule has 7 nitrogen and oxygen atoms in total. The number of likely N-dealkylation sites (tertiary alicyclic amines) is 1. The van der Waals surface area contributed by atoms with Crippen molar-refractivity contribution in [2.75, 3.05) is 26.7 Å². The second kappa shape index (κ2) is 8.46. The van der Waals surface area contributed by atoms with Gasteiger partial charge in [-0.3, -0.25) is 14.5 Å². The van der Waals surface area contributed by atoms with Gasteiger partial charge in [0, 0.05) is 42.6 Å². The fraction of sp³-hybridized carbons (Fsp3) is 0.542. The van der Waals surface area contributed by atoms with Crippen LogP contribution in [0, 0.1) is 5.92 Å². The molecule has 2 aliphatic heterocycles. The van der Waals surface area contributed by atoms with E-state index < -0.39 is 0 Å². The number of fused-ring (bicyclic) bond motifs is 1. The molecule has 3 aliphatic rings. The topological polar surface area (TPSA) is 78.5 Å². The number of aromatic nitrogens is 2. The number of hydrogen-bond donors (Lipinski definition) is 1. The van der Waals surface area contributed by atoms with Gasteiger partial charge in [0.05, 0.1) is 19.3 Å². The van der Waals surface area contributed by atoms with Crippen LogP contribution >= 0.6 is 0 Å². The van der Waals surface area contributed by atoms with Crippen LogP contribution in [-0.4, -0.2) is 52.4 Å². The zero-order valence-electron chi connectivity index (χ0n) is 18.1. The highest BCUT2D eigenvalue weighted by Gasteiger charge is 2.33. The van der Waals surface area contributed by atoms with Crippen LogP contribution in [0.5, 0.6) is 5.75 Å². The summed E-state index contributed by atoms with van der Waals surface area (Å²) >= 11 is 0. The largest absolute Gasteiger partial charge is 0.496 e. The smallest absolute Gasteiger partial charge is 0.254 e. The van der Waals surface area contributed by atoms with Crippen LogP contribution in [0.4, 0.5) is 0 Å². The van der Waals surface area contributed by atoms with E-state index in [1.807, 2.05) is 23.1 Å². The van der Waals surface area contributed by atoms with E-state index >= 15 is 0 Å². The lowest BCUT2D eigenvalue weighted by molar-refractivity contribution is -0.139. The SMILES string of the molecule is COc1ccccc1CN1CCC(c2nc3c(c(=O)[nH]2)CCN(C(=O)C2CCC2)C3)C1. The molecule has 164 valence electrons. The predicted octanol–water partition coefficient (Wildman–Crippen LogP) is 2.45. The van der Waals surface area contributed by atoms with Crippen molar-refractivity contribution in [2.45, 2.75) is 51.1 Å². The molecular formula is C24H30N4O3. The zero-order chi connectivity index (χ0) is 21.4. The van der Waals surface area contributed by atoms with E-state index in [-0.39, 0.29) is 23.3 Å². The maximum atomic E-state index is 12.7. The fourth-order valence-corrected chi connectivity index (χ4v) is 5.03. The molecule has 3 heterocycles. The van der Waals surface area contributed by atoms with Gasteiger partial charge in [-0.1, -0.05) is 24.6 Å². The summed E-state index contributed by atoms with van der Waals surface area (Å²) in [5.41, 5.74) is 2.69. The van der Waals surface area contributed by atoms with Crippen molar-refractivity contribution < 1.29 is 9.53 Å². The van der Waals surface area contributed by atoms with Crippen molar-refractivity contribution in [2.24, 2.45) is 5.92 Å². The van der Waals surface area contributed by atoms with Crippen LogP contribution < -0.4 is 10.3 Å². The number of nitrogens with one attached hydrogen (secondary N) is 1. The van der Waals surface area contributed by atoms with Crippen LogP contribution in [0.2, 0.25) is 0 Å². The second-order valence-electron chi connectivity index (χ2n) is 9.05. The number of ether oxygens (including phenoxy) is 1. The number of hydrogen-bond acceptors (Lipinski definition) is 5. The molecule has 5 rings (SSSR count). The first-order chi connectivity index (χ1) is 15.1. The van der Waals surface area contributed by atoms with Crippen molar-refractivity contribution in [3.8, 4) is 5.75 Å². The summed E-state index contributed by atoms with van der Waals surface area (Å²) < 4.78 is 5.48. The molecule has 0 spiro atoms. The minimum atomic E-state index is -0.0288. The number of rotatable bonds is 5. The summed E-state index contributed by atoms with van der Waals surface area (Å²) in [7, 11) is 1.70. The number of benzene rings is 1. The van der Waals surface area contributed by atoms with E-state index in [0.29, 0.717) is 19.5 Å². The Morgan fingerprint density at radius 2 is 2.06 bits per heavy atom. The molecular weight excluding hydrogens is 392 g/mol. The van der Waals surface area contributed by atoms with Crippen LogP contribution in [0.15, 0.2) is 29.1 Å². The van der Waals surface area contributed by atoms with E-state index in [0.717, 1.165) is 68.1 Å². The Morgan fingerprint density at radius 3 is 2.84 bits per heavy atom. The average molecular weight is 423 g/mol. The lowest BCUT2D eigenvalue weighted by atomic mass is 9.84. The minimum Gasteiger partial charge on any atom is -0.496 e. The first-order valence-corrected chi connectivity index (χ1v) is 11.4. The number of methoxy groups -OCH3 is 1. The van der Waals surface area contributed by atoms with Gasteiger partial charge in [-0.25, -0.2) is 4.98 Å². The molecule has 1 amide bonds. The second-order valence-corrected chi connectivity index (χ2v) is 9.05. The van der Waals surface area contributed by atoms with Crippen molar-refractivity contribution >= 4 is 5.91 Å². The minimum absolute atomic E-state index is 0.0288. The molecule has 0 bridgehead atoms. The molecule has 1 saturated heterocycles. The van der Waals surface area contributed by atoms with Crippen molar-refractivity contribution in [3.63, 3.8) is 0 Å². The molecule has 2 aromatic rings. The monoisotopic (exact) mass is 422 g/mol. The molecule has 1 aromatic carbocycles. The maximum Gasteiger partial charge on any atom is 0.254 e. The van der Waals surface area contributed by atoms with Gasteiger partial charge < -0.3 is 14.6 Å². The number of carbonyl (C=O) groups excluding carboxylic acids is 1. The molecule has 1 aromatic heterocycles. The van der Waals surface area contributed by atoms with Gasteiger partial charge in [0.25, 0.3) is 5.56 Å². The Balaban J connectivity index is 1.30. The molecule has 1 N–H and O–H groups in total. The number of amides is 1. The third kappa shape index (κ3) is 3.99. The number of para-hydroxylation sites is 1. The third-order valence-electron chi connectivity index (χ3n) is 7.10. The summed E-state index contributed by atoms with van der Waals surface area (Å²) in [6.07, 6.45) is 4.71. The Bertz CT molecular complexity index is 1030. The van der Waals surface area contributed by atoms with Gasteiger partial charge >= 0.3 is 0 Å². The standard InChI is InChI=1S/C24H30N4O3/c1-31-21-8-3-2-5-17(21)13-27-11-9-18(14-27)22-25-20-15-28(24(30)16-6-4-7-16)12-10-19(20)23(29)26-22/h2-3,5,8,16,18H,4,6-7,9-15H2,1H3,(H,25,26,29). The van der Waals surface area contributed by atoms with E-state index in [1.54, 1.807) is 7.11 Å². The lowest BCUT2D eigenvalue weighted by Crippen LogP contribution is -2.43. The Hall–Kier alpha value is -2.67. The average Bonchev–Trinajstić information content (AvgIpc) is 3.21. The predicted molar refractivity (Wildman–Crippen MR) is 117 cm³/mol. The Kier molecular flexibility index (Phi) is 5.52. The quantitative estimate of drug-likeness (QED) is 0.801. The lowest BCUT2D eigenvalue weighted by Gasteiger charge is -2.34. The van der Waals surface area contributed by atoms with E-state index in [4.69, 9.17) is 9.72 Å². The molecule has 7 heteroatoms. The highest BCUT2D eigenvalue weighted by atomic mass is 16.5. The van der Waals surface area contributed by atoms with Gasteiger partial charge in [-0.05, 0) is 38.3 Å². The Morgan fingerprint density at radius 1 is 1.23 bits per heavy atom. The normalized spacial score (nSPS) is 21.6. The summed E-state index contributed by atoms with van der Waals surface area (Å²) in [6, 6.07) is 8.10. The number of nitrogens with zero attached hydrogens (tertiary/aromatic N) is 3. The molecule has 1 saturated carbocycles. The number of aromatic amines is 1. The molecule has 1 atom stereocenters. The molecule has 2 fully saturated rings. The van der Waals surface area contributed by atoms with Crippen molar-refractivity contribution in [3.05, 3.63) is 57.3 Å². The summed E-state index contributed by atoms with van der Waals surface area (Å²) in [6.45, 7) is 3.72. The zero-order valence-corrected chi connectivity index (χ0v) is 18.1. The summed E-state index contributed by atoms with van der Waals surface area (Å²) in [4.78, 5) is 37.6. The molecule has 1 unspecified atom stereocenters. The van der Waals surface area contributed by atoms with Gasteiger partial charge in [0.1, 0.15) is 11.6 Å². The maximum absolute atomic E-state index is 12.7. The van der Waals surface area contributed by atoms with E-state index in [1.165, 1.54) is 5.56 Å².